The summed E-state index contributed by atoms with van der Waals surface area (Å²) in [6, 6.07) is 0. The first-order valence-electron chi connectivity index (χ1n) is 4.21. The lowest BCUT2D eigenvalue weighted by Gasteiger charge is -2.10. The molecule has 58 valence electrons. The average Bonchev–Trinajstić information content (AvgIpc) is 2.34. The van der Waals surface area contributed by atoms with Crippen LogP contribution in [0, 0.1) is 5.92 Å². The highest BCUT2D eigenvalue weighted by atomic mass is 15.1. The van der Waals surface area contributed by atoms with Crippen LogP contribution in [0.1, 0.15) is 26.7 Å². The number of rotatable bonds is 2. The average molecular weight is 139 g/mol. The van der Waals surface area contributed by atoms with Gasteiger partial charge in [0.05, 0.1) is 0 Å². The summed E-state index contributed by atoms with van der Waals surface area (Å²) in [6.45, 7) is 6.96. The Morgan fingerprint density at radius 2 is 1.80 bits per heavy atom. The molecule has 0 spiro atoms. The second kappa shape index (κ2) is 3.65. The molecule has 0 saturated carbocycles. The molecule has 0 aliphatic carbocycles. The zero-order valence-electron chi connectivity index (χ0n) is 7.01. The third-order valence-corrected chi connectivity index (χ3v) is 1.82. The first kappa shape index (κ1) is 7.64. The molecule has 1 nitrogen and oxygen atoms in total. The van der Waals surface area contributed by atoms with E-state index in [1.54, 1.807) is 0 Å². The lowest BCUT2D eigenvalue weighted by atomic mass is 10.2. The first-order chi connectivity index (χ1) is 4.79. The molecule has 1 aliphatic rings. The topological polar surface area (TPSA) is 3.24 Å². The predicted octanol–water partition coefficient (Wildman–Crippen LogP) is 2.25. The summed E-state index contributed by atoms with van der Waals surface area (Å²) in [4.78, 5) is 2.40. The van der Waals surface area contributed by atoms with Gasteiger partial charge in [0, 0.05) is 13.1 Å². The summed E-state index contributed by atoms with van der Waals surface area (Å²) < 4.78 is 0. The Labute approximate surface area is 63.7 Å². The van der Waals surface area contributed by atoms with E-state index in [-0.39, 0.29) is 0 Å². The molecule has 0 aromatic rings. The molecule has 10 heavy (non-hydrogen) atoms. The van der Waals surface area contributed by atoms with E-state index in [9.17, 15) is 0 Å². The first-order valence-corrected chi connectivity index (χ1v) is 4.21. The second-order valence-corrected chi connectivity index (χ2v) is 3.33. The van der Waals surface area contributed by atoms with E-state index in [0.29, 0.717) is 5.92 Å². The fourth-order valence-electron chi connectivity index (χ4n) is 1.18. The molecule has 1 heteroatoms. The molecule has 0 N–H and O–H groups in total. The highest BCUT2D eigenvalue weighted by Gasteiger charge is 2.05. The smallest absolute Gasteiger partial charge is 0.0173 e. The summed E-state index contributed by atoms with van der Waals surface area (Å²) in [5, 5.41) is 0. The predicted molar refractivity (Wildman–Crippen MR) is 44.8 cm³/mol. The third kappa shape index (κ3) is 2.42. The van der Waals surface area contributed by atoms with Crippen molar-refractivity contribution in [2.75, 3.05) is 13.1 Å². The minimum absolute atomic E-state index is 0.695. The maximum atomic E-state index is 2.40. The summed E-state index contributed by atoms with van der Waals surface area (Å²) in [7, 11) is 0. The van der Waals surface area contributed by atoms with Gasteiger partial charge in [0.25, 0.3) is 0 Å². The lowest BCUT2D eigenvalue weighted by molar-refractivity contribution is 0.464. The lowest BCUT2D eigenvalue weighted by Crippen LogP contribution is -2.10. The number of nitrogens with zero attached hydrogens (tertiary/aromatic N) is 1. The third-order valence-electron chi connectivity index (χ3n) is 1.82. The van der Waals surface area contributed by atoms with Crippen LogP contribution in [0.25, 0.3) is 0 Å². The van der Waals surface area contributed by atoms with Crippen LogP contribution in [0.15, 0.2) is 12.3 Å². The summed E-state index contributed by atoms with van der Waals surface area (Å²) in [5.41, 5.74) is 0. The highest BCUT2D eigenvalue weighted by Crippen LogP contribution is 2.08. The Morgan fingerprint density at radius 3 is 2.30 bits per heavy atom. The van der Waals surface area contributed by atoms with Crippen molar-refractivity contribution in [1.82, 2.24) is 4.90 Å². The molecule has 0 aromatic heterocycles. The zero-order chi connectivity index (χ0) is 7.40. The Balaban J connectivity index is 2.23. The Kier molecular flexibility index (Phi) is 2.79. The molecule has 0 amide bonds. The standard InChI is InChI=1S/C9H17N/c1-9(2)5-8-10-6-3-4-7-10/h5,8-9H,3-4,6-7H2,1-2H3. The van der Waals surface area contributed by atoms with Crippen LogP contribution in [-0.2, 0) is 0 Å². The van der Waals surface area contributed by atoms with Crippen molar-refractivity contribution < 1.29 is 0 Å². The molecule has 1 heterocycles. The van der Waals surface area contributed by atoms with Gasteiger partial charge in [0.2, 0.25) is 0 Å². The molecule has 1 aliphatic heterocycles. The van der Waals surface area contributed by atoms with Gasteiger partial charge in [-0.05, 0) is 25.0 Å². The van der Waals surface area contributed by atoms with Crippen LogP contribution < -0.4 is 0 Å². The summed E-state index contributed by atoms with van der Waals surface area (Å²) in [5.74, 6) is 0.695. The molecule has 0 radical (unpaired) electrons. The van der Waals surface area contributed by atoms with Crippen molar-refractivity contribution in [1.29, 1.82) is 0 Å². The van der Waals surface area contributed by atoms with Crippen molar-refractivity contribution in [2.24, 2.45) is 5.92 Å². The van der Waals surface area contributed by atoms with Crippen molar-refractivity contribution in [3.63, 3.8) is 0 Å². The maximum Gasteiger partial charge on any atom is 0.0173 e. The molecule has 0 atom stereocenters. The molecule has 0 aromatic carbocycles. The summed E-state index contributed by atoms with van der Waals surface area (Å²) in [6.07, 6.45) is 7.27. The van der Waals surface area contributed by atoms with Gasteiger partial charge in [-0.2, -0.15) is 0 Å². The Bertz CT molecular complexity index is 110. The molecule has 0 bridgehead atoms. The Hall–Kier alpha value is -0.460. The molecular weight excluding hydrogens is 122 g/mol. The monoisotopic (exact) mass is 139 g/mol. The van der Waals surface area contributed by atoms with E-state index in [2.05, 4.69) is 31.0 Å². The number of likely N-dealkylation sites (tertiary alicyclic amines) is 1. The van der Waals surface area contributed by atoms with E-state index >= 15 is 0 Å². The highest BCUT2D eigenvalue weighted by molar-refractivity contribution is 4.86. The Morgan fingerprint density at radius 1 is 1.20 bits per heavy atom. The van der Waals surface area contributed by atoms with Crippen molar-refractivity contribution in [3.8, 4) is 0 Å². The van der Waals surface area contributed by atoms with E-state index < -0.39 is 0 Å². The minimum Gasteiger partial charge on any atom is -0.378 e. The van der Waals surface area contributed by atoms with Gasteiger partial charge in [-0.15, -0.1) is 0 Å². The van der Waals surface area contributed by atoms with Crippen molar-refractivity contribution >= 4 is 0 Å². The van der Waals surface area contributed by atoms with Gasteiger partial charge in [0.1, 0.15) is 0 Å². The quantitative estimate of drug-likeness (QED) is 0.567. The molecule has 1 rings (SSSR count). The number of hydrogen-bond acceptors (Lipinski definition) is 1. The van der Waals surface area contributed by atoms with Gasteiger partial charge in [-0.3, -0.25) is 0 Å². The van der Waals surface area contributed by atoms with E-state index in [0.717, 1.165) is 0 Å². The van der Waals surface area contributed by atoms with Crippen LogP contribution >= 0.6 is 0 Å². The van der Waals surface area contributed by atoms with Crippen LogP contribution in [0.3, 0.4) is 0 Å². The fraction of sp³-hybridized carbons (Fsp3) is 0.778. The van der Waals surface area contributed by atoms with Crippen molar-refractivity contribution in [2.45, 2.75) is 26.7 Å². The second-order valence-electron chi connectivity index (χ2n) is 3.33. The minimum atomic E-state index is 0.695. The maximum absolute atomic E-state index is 2.40. The van der Waals surface area contributed by atoms with E-state index in [1.807, 2.05) is 0 Å². The normalized spacial score (nSPS) is 19.7. The van der Waals surface area contributed by atoms with Gasteiger partial charge in [-0.25, -0.2) is 0 Å². The van der Waals surface area contributed by atoms with Crippen LogP contribution in [0.4, 0.5) is 0 Å². The van der Waals surface area contributed by atoms with E-state index in [4.69, 9.17) is 0 Å². The largest absolute Gasteiger partial charge is 0.378 e. The SMILES string of the molecule is CC(C)C=CN1CCCC1. The number of allylic oxidation sites excluding steroid dienone is 1. The van der Waals surface area contributed by atoms with Crippen molar-refractivity contribution in [3.05, 3.63) is 12.3 Å². The zero-order valence-corrected chi connectivity index (χ0v) is 7.01. The molecular formula is C9H17N. The molecule has 0 unspecified atom stereocenters. The summed E-state index contributed by atoms with van der Waals surface area (Å²) >= 11 is 0. The molecule has 1 saturated heterocycles. The van der Waals surface area contributed by atoms with Crippen LogP contribution in [-0.4, -0.2) is 18.0 Å². The van der Waals surface area contributed by atoms with Gasteiger partial charge in [-0.1, -0.05) is 19.9 Å². The molecule has 1 fully saturated rings. The fourth-order valence-corrected chi connectivity index (χ4v) is 1.18. The van der Waals surface area contributed by atoms with Gasteiger partial charge in [0.15, 0.2) is 0 Å². The van der Waals surface area contributed by atoms with E-state index in [1.165, 1.54) is 25.9 Å². The van der Waals surface area contributed by atoms with Crippen LogP contribution in [0.5, 0.6) is 0 Å². The van der Waals surface area contributed by atoms with Gasteiger partial charge < -0.3 is 4.90 Å². The van der Waals surface area contributed by atoms with Gasteiger partial charge >= 0.3 is 0 Å². The van der Waals surface area contributed by atoms with Crippen LogP contribution in [0.2, 0.25) is 0 Å². The number of hydrogen-bond donors (Lipinski definition) is 0.